The monoisotopic (exact) mass is 469 g/mol. The largest absolute Gasteiger partial charge is 0.462 e. The zero-order valence-electron chi connectivity index (χ0n) is 20.4. The van der Waals surface area contributed by atoms with E-state index in [0.717, 1.165) is 36.2 Å². The topological polar surface area (TPSA) is 70.7 Å². The number of nitrogens with one attached hydrogen (secondary N) is 2. The Bertz CT molecular complexity index is 1230. The maximum absolute atomic E-state index is 13.1. The van der Waals surface area contributed by atoms with E-state index in [9.17, 15) is 9.59 Å². The van der Waals surface area contributed by atoms with Crippen molar-refractivity contribution in [1.82, 2.24) is 4.90 Å². The van der Waals surface area contributed by atoms with Crippen LogP contribution in [0.2, 0.25) is 0 Å². The van der Waals surface area contributed by atoms with Gasteiger partial charge >= 0.3 is 5.97 Å². The van der Waals surface area contributed by atoms with Gasteiger partial charge in [-0.2, -0.15) is 0 Å². The highest BCUT2D eigenvalue weighted by molar-refractivity contribution is 6.37. The number of anilines is 2. The molecule has 1 heterocycles. The minimum atomic E-state index is -0.408. The van der Waals surface area contributed by atoms with E-state index in [1.807, 2.05) is 42.5 Å². The highest BCUT2D eigenvalue weighted by Crippen LogP contribution is 2.38. The first kappa shape index (κ1) is 24.2. The normalized spacial score (nSPS) is 13.9. The first-order valence-corrected chi connectivity index (χ1v) is 11.9. The Balaban J connectivity index is 1.67. The van der Waals surface area contributed by atoms with Crippen LogP contribution in [-0.4, -0.2) is 44.0 Å². The Labute approximate surface area is 206 Å². The van der Waals surface area contributed by atoms with Gasteiger partial charge in [0.2, 0.25) is 0 Å². The lowest BCUT2D eigenvalue weighted by Gasteiger charge is -2.15. The molecule has 0 saturated heterocycles. The maximum atomic E-state index is 13.1. The van der Waals surface area contributed by atoms with Crippen LogP contribution in [0.25, 0.3) is 11.3 Å². The summed E-state index contributed by atoms with van der Waals surface area (Å²) < 4.78 is 5.10. The molecule has 2 N–H and O–H groups in total. The highest BCUT2D eigenvalue weighted by atomic mass is 16.5. The van der Waals surface area contributed by atoms with Crippen LogP contribution in [0.5, 0.6) is 0 Å². The van der Waals surface area contributed by atoms with Crippen molar-refractivity contribution >= 4 is 34.5 Å². The van der Waals surface area contributed by atoms with E-state index in [1.54, 1.807) is 25.1 Å². The summed E-state index contributed by atoms with van der Waals surface area (Å²) in [6.07, 6.45) is 2.12. The standard InChI is InChI=1S/C29H31N3O3/c1-4-35-29(34)22-14-17-24-25(19-22)31-28(33)26(24)27(21-10-6-5-7-11-21)30-23-15-12-20(13-16-23)9-8-18-32(2)3/h5-7,10-17,19,30H,4,8-9,18H2,1-3H3,(H,31,33)/b27-26-. The summed E-state index contributed by atoms with van der Waals surface area (Å²) in [6, 6.07) is 23.3. The predicted molar refractivity (Wildman–Crippen MR) is 141 cm³/mol. The Hall–Kier alpha value is -3.90. The van der Waals surface area contributed by atoms with E-state index in [-0.39, 0.29) is 5.91 Å². The molecular weight excluding hydrogens is 438 g/mol. The Morgan fingerprint density at radius 2 is 1.71 bits per heavy atom. The fraction of sp³-hybridized carbons (Fsp3) is 0.241. The summed E-state index contributed by atoms with van der Waals surface area (Å²) in [5, 5.41) is 6.40. The quantitative estimate of drug-likeness (QED) is 0.329. The summed E-state index contributed by atoms with van der Waals surface area (Å²) >= 11 is 0. The van der Waals surface area contributed by atoms with Crippen LogP contribution in [0.3, 0.4) is 0 Å². The van der Waals surface area contributed by atoms with Gasteiger partial charge in [-0.15, -0.1) is 0 Å². The smallest absolute Gasteiger partial charge is 0.338 e. The third-order valence-electron chi connectivity index (χ3n) is 5.88. The SMILES string of the molecule is CCOC(=O)c1ccc2c(c1)NC(=O)/C2=C(\Nc1ccc(CCCN(C)C)cc1)c1ccccc1. The minimum Gasteiger partial charge on any atom is -0.462 e. The van der Waals surface area contributed by atoms with E-state index >= 15 is 0 Å². The number of amides is 1. The van der Waals surface area contributed by atoms with Crippen molar-refractivity contribution in [1.29, 1.82) is 0 Å². The van der Waals surface area contributed by atoms with Gasteiger partial charge in [-0.05, 0) is 75.8 Å². The number of fused-ring (bicyclic) bond motifs is 1. The van der Waals surface area contributed by atoms with Crippen molar-refractivity contribution in [3.8, 4) is 0 Å². The molecule has 0 bridgehead atoms. The van der Waals surface area contributed by atoms with Crippen molar-refractivity contribution in [3.05, 3.63) is 95.1 Å². The van der Waals surface area contributed by atoms with Gasteiger partial charge in [0.15, 0.2) is 0 Å². The molecule has 0 spiro atoms. The van der Waals surface area contributed by atoms with E-state index in [2.05, 4.69) is 41.8 Å². The van der Waals surface area contributed by atoms with Gasteiger partial charge in [-0.25, -0.2) is 4.79 Å². The van der Waals surface area contributed by atoms with Gasteiger partial charge in [0.25, 0.3) is 5.91 Å². The first-order valence-electron chi connectivity index (χ1n) is 11.9. The fourth-order valence-corrected chi connectivity index (χ4v) is 4.14. The molecule has 3 aromatic rings. The molecule has 3 aromatic carbocycles. The lowest BCUT2D eigenvalue weighted by Crippen LogP contribution is -2.13. The van der Waals surface area contributed by atoms with Crippen LogP contribution in [-0.2, 0) is 16.0 Å². The maximum Gasteiger partial charge on any atom is 0.338 e. The van der Waals surface area contributed by atoms with Gasteiger partial charge in [0.05, 0.1) is 29.1 Å². The van der Waals surface area contributed by atoms with Crippen molar-refractivity contribution in [2.24, 2.45) is 0 Å². The molecule has 1 amide bonds. The molecular formula is C29H31N3O3. The lowest BCUT2D eigenvalue weighted by atomic mass is 9.99. The van der Waals surface area contributed by atoms with Gasteiger partial charge < -0.3 is 20.3 Å². The van der Waals surface area contributed by atoms with Crippen molar-refractivity contribution in [2.45, 2.75) is 19.8 Å². The molecule has 0 aromatic heterocycles. The van der Waals surface area contributed by atoms with E-state index in [0.29, 0.717) is 29.1 Å². The molecule has 35 heavy (non-hydrogen) atoms. The average molecular weight is 470 g/mol. The van der Waals surface area contributed by atoms with E-state index in [1.165, 1.54) is 5.56 Å². The molecule has 1 aliphatic rings. The van der Waals surface area contributed by atoms with Crippen molar-refractivity contribution in [3.63, 3.8) is 0 Å². The summed E-state index contributed by atoms with van der Waals surface area (Å²) in [5.74, 6) is -0.623. The van der Waals surface area contributed by atoms with Gasteiger partial charge in [0, 0.05) is 11.3 Å². The van der Waals surface area contributed by atoms with E-state index < -0.39 is 5.97 Å². The number of benzene rings is 3. The summed E-state index contributed by atoms with van der Waals surface area (Å²) in [6.45, 7) is 3.11. The molecule has 6 heteroatoms. The van der Waals surface area contributed by atoms with Crippen LogP contribution < -0.4 is 10.6 Å². The van der Waals surface area contributed by atoms with Crippen molar-refractivity contribution < 1.29 is 14.3 Å². The zero-order chi connectivity index (χ0) is 24.8. The summed E-state index contributed by atoms with van der Waals surface area (Å²) in [7, 11) is 4.17. The lowest BCUT2D eigenvalue weighted by molar-refractivity contribution is -0.110. The number of rotatable bonds is 9. The van der Waals surface area contributed by atoms with Crippen LogP contribution in [0.4, 0.5) is 11.4 Å². The second kappa shape index (κ2) is 11.0. The Morgan fingerprint density at radius 1 is 0.971 bits per heavy atom. The Morgan fingerprint density at radius 3 is 2.40 bits per heavy atom. The van der Waals surface area contributed by atoms with Crippen LogP contribution >= 0.6 is 0 Å². The number of carbonyl (C=O) groups is 2. The zero-order valence-corrected chi connectivity index (χ0v) is 20.4. The number of esters is 1. The van der Waals surface area contributed by atoms with Crippen LogP contribution in [0.1, 0.15) is 40.4 Å². The number of hydrogen-bond acceptors (Lipinski definition) is 5. The van der Waals surface area contributed by atoms with Crippen LogP contribution in [0.15, 0.2) is 72.8 Å². The molecule has 0 saturated carbocycles. The van der Waals surface area contributed by atoms with Gasteiger partial charge in [-0.1, -0.05) is 48.5 Å². The minimum absolute atomic E-state index is 0.215. The summed E-state index contributed by atoms with van der Waals surface area (Å²) in [4.78, 5) is 27.5. The Kier molecular flexibility index (Phi) is 7.63. The van der Waals surface area contributed by atoms with E-state index in [4.69, 9.17) is 4.74 Å². The molecule has 1 aliphatic heterocycles. The first-order chi connectivity index (χ1) is 17.0. The number of aryl methyl sites for hydroxylation is 1. The number of hydrogen-bond donors (Lipinski definition) is 2. The van der Waals surface area contributed by atoms with Crippen LogP contribution in [0, 0.1) is 0 Å². The second-order valence-corrected chi connectivity index (χ2v) is 8.78. The van der Waals surface area contributed by atoms with Gasteiger partial charge in [0.1, 0.15) is 0 Å². The molecule has 6 nitrogen and oxygen atoms in total. The molecule has 0 fully saturated rings. The third-order valence-corrected chi connectivity index (χ3v) is 5.88. The molecule has 0 radical (unpaired) electrons. The second-order valence-electron chi connectivity index (χ2n) is 8.78. The molecule has 180 valence electrons. The van der Waals surface area contributed by atoms with Gasteiger partial charge in [-0.3, -0.25) is 4.79 Å². The highest BCUT2D eigenvalue weighted by Gasteiger charge is 2.29. The number of nitrogens with zero attached hydrogens (tertiary/aromatic N) is 1. The molecule has 0 aliphatic carbocycles. The number of carbonyl (C=O) groups excluding carboxylic acids is 2. The van der Waals surface area contributed by atoms with Crippen molar-refractivity contribution in [2.75, 3.05) is 37.9 Å². The fourth-order valence-electron chi connectivity index (χ4n) is 4.14. The summed E-state index contributed by atoms with van der Waals surface area (Å²) in [5.41, 5.74) is 6.08. The molecule has 0 atom stereocenters. The molecule has 4 rings (SSSR count). The predicted octanol–water partition coefficient (Wildman–Crippen LogP) is 5.29. The number of ether oxygens (including phenoxy) is 1. The third kappa shape index (κ3) is 5.78. The molecule has 0 unspecified atom stereocenters. The average Bonchev–Trinajstić information content (AvgIpc) is 3.18.